The van der Waals surface area contributed by atoms with E-state index in [1.54, 1.807) is 0 Å². The quantitative estimate of drug-likeness (QED) is 0.754. The van der Waals surface area contributed by atoms with E-state index < -0.39 is 0 Å². The summed E-state index contributed by atoms with van der Waals surface area (Å²) in [5.41, 5.74) is 0. The smallest absolute Gasteiger partial charge is 0.223 e. The van der Waals surface area contributed by atoms with Gasteiger partial charge in [-0.05, 0) is 39.8 Å². The number of terminal acetylenes is 1. The van der Waals surface area contributed by atoms with Crippen LogP contribution in [-0.2, 0) is 9.53 Å². The molecule has 2 heterocycles. The minimum absolute atomic E-state index is 0.150. The van der Waals surface area contributed by atoms with E-state index in [-0.39, 0.29) is 24.0 Å². The number of nitrogens with one attached hydrogen (secondary N) is 1. The molecule has 0 spiro atoms. The number of morpholine rings is 1. The molecule has 0 aliphatic carbocycles. The zero-order chi connectivity index (χ0) is 15.9. The predicted molar refractivity (Wildman–Crippen MR) is 87.5 cm³/mol. The molecule has 1 amide bonds. The van der Waals surface area contributed by atoms with E-state index in [0.29, 0.717) is 6.54 Å². The average Bonchev–Trinajstić information content (AvgIpc) is 2.47. The Bertz CT molecular complexity index is 389. The van der Waals surface area contributed by atoms with E-state index in [0.717, 1.165) is 52.1 Å². The van der Waals surface area contributed by atoms with Gasteiger partial charge in [0.25, 0.3) is 0 Å². The van der Waals surface area contributed by atoms with Crippen LogP contribution in [0.5, 0.6) is 0 Å². The lowest BCUT2D eigenvalue weighted by Crippen LogP contribution is -2.48. The molecule has 0 radical (unpaired) electrons. The van der Waals surface area contributed by atoms with Gasteiger partial charge in [0, 0.05) is 32.1 Å². The number of likely N-dealkylation sites (tertiary alicyclic amines) is 1. The van der Waals surface area contributed by atoms with Crippen LogP contribution in [0.1, 0.15) is 26.7 Å². The number of rotatable bonds is 5. The van der Waals surface area contributed by atoms with Crippen LogP contribution < -0.4 is 5.32 Å². The summed E-state index contributed by atoms with van der Waals surface area (Å²) in [6.45, 7) is 10.3. The summed E-state index contributed by atoms with van der Waals surface area (Å²) in [6, 6.07) is 0. The third-order valence-electron chi connectivity index (χ3n) is 4.50. The van der Waals surface area contributed by atoms with Crippen molar-refractivity contribution in [3.63, 3.8) is 0 Å². The fourth-order valence-corrected chi connectivity index (χ4v) is 3.43. The van der Waals surface area contributed by atoms with Gasteiger partial charge in [0.05, 0.1) is 18.8 Å². The average molecular weight is 307 g/mol. The van der Waals surface area contributed by atoms with Crippen molar-refractivity contribution < 1.29 is 9.53 Å². The van der Waals surface area contributed by atoms with Crippen molar-refractivity contribution in [2.24, 2.45) is 5.92 Å². The van der Waals surface area contributed by atoms with Gasteiger partial charge in [0.2, 0.25) is 5.91 Å². The molecule has 2 atom stereocenters. The number of piperidine rings is 1. The van der Waals surface area contributed by atoms with Gasteiger partial charge in [0.15, 0.2) is 0 Å². The summed E-state index contributed by atoms with van der Waals surface area (Å²) < 4.78 is 5.72. The van der Waals surface area contributed by atoms with Crippen LogP contribution in [-0.4, -0.2) is 73.7 Å². The SMILES string of the molecule is C#CCN1CCC(C(=O)NCCN2CC(C)OC(C)C2)CC1. The highest BCUT2D eigenvalue weighted by Gasteiger charge is 2.25. The van der Waals surface area contributed by atoms with Gasteiger partial charge < -0.3 is 10.1 Å². The molecule has 0 bridgehead atoms. The lowest BCUT2D eigenvalue weighted by atomic mass is 9.96. The molecule has 5 nitrogen and oxygen atoms in total. The molecule has 5 heteroatoms. The van der Waals surface area contributed by atoms with Crippen LogP contribution in [0, 0.1) is 18.3 Å². The molecule has 2 aliphatic rings. The monoisotopic (exact) mass is 307 g/mol. The Balaban J connectivity index is 1.63. The molecule has 2 saturated heterocycles. The summed E-state index contributed by atoms with van der Waals surface area (Å²) in [5, 5.41) is 3.10. The second-order valence-electron chi connectivity index (χ2n) is 6.56. The Hall–Kier alpha value is -1.09. The van der Waals surface area contributed by atoms with Crippen molar-refractivity contribution in [2.75, 3.05) is 45.8 Å². The lowest BCUT2D eigenvalue weighted by molar-refractivity contribution is -0.126. The van der Waals surface area contributed by atoms with Crippen LogP contribution in [0.3, 0.4) is 0 Å². The zero-order valence-corrected chi connectivity index (χ0v) is 13.9. The largest absolute Gasteiger partial charge is 0.373 e. The summed E-state index contributed by atoms with van der Waals surface area (Å²) >= 11 is 0. The van der Waals surface area contributed by atoms with Crippen molar-refractivity contribution >= 4 is 5.91 Å². The number of amides is 1. The molecule has 0 aromatic rings. The standard InChI is InChI=1S/C17H29N3O2/c1-4-8-19-9-5-16(6-10-19)17(21)18-7-11-20-12-14(2)22-15(3)13-20/h1,14-16H,5-13H2,2-3H3,(H,18,21). The Morgan fingerprint density at radius 2 is 1.86 bits per heavy atom. The first-order chi connectivity index (χ1) is 10.6. The number of carbonyl (C=O) groups excluding carboxylic acids is 1. The number of hydrogen-bond acceptors (Lipinski definition) is 4. The zero-order valence-electron chi connectivity index (χ0n) is 13.9. The van der Waals surface area contributed by atoms with Gasteiger partial charge in [-0.2, -0.15) is 0 Å². The Morgan fingerprint density at radius 1 is 1.23 bits per heavy atom. The molecule has 22 heavy (non-hydrogen) atoms. The van der Waals surface area contributed by atoms with E-state index in [2.05, 4.69) is 34.9 Å². The van der Waals surface area contributed by atoms with Crippen molar-refractivity contribution in [2.45, 2.75) is 38.9 Å². The highest BCUT2D eigenvalue weighted by Crippen LogP contribution is 2.17. The van der Waals surface area contributed by atoms with Crippen LogP contribution in [0.4, 0.5) is 0 Å². The second kappa shape index (κ2) is 8.52. The highest BCUT2D eigenvalue weighted by molar-refractivity contribution is 5.78. The maximum absolute atomic E-state index is 12.2. The third kappa shape index (κ3) is 5.28. The van der Waals surface area contributed by atoms with Crippen LogP contribution in [0.25, 0.3) is 0 Å². The second-order valence-corrected chi connectivity index (χ2v) is 6.56. The minimum atomic E-state index is 0.150. The third-order valence-corrected chi connectivity index (χ3v) is 4.50. The first-order valence-corrected chi connectivity index (χ1v) is 8.40. The molecule has 0 saturated carbocycles. The summed E-state index contributed by atoms with van der Waals surface area (Å²) in [6.07, 6.45) is 7.71. The van der Waals surface area contributed by atoms with Crippen molar-refractivity contribution in [3.05, 3.63) is 0 Å². The first kappa shape index (κ1) is 17.3. The first-order valence-electron chi connectivity index (χ1n) is 8.40. The fraction of sp³-hybridized carbons (Fsp3) is 0.824. The molecule has 2 aliphatic heterocycles. The van der Waals surface area contributed by atoms with Crippen LogP contribution >= 0.6 is 0 Å². The normalized spacial score (nSPS) is 28.2. The van der Waals surface area contributed by atoms with Gasteiger partial charge in [0.1, 0.15) is 0 Å². The number of nitrogens with zero attached hydrogens (tertiary/aromatic N) is 2. The van der Waals surface area contributed by atoms with E-state index >= 15 is 0 Å². The van der Waals surface area contributed by atoms with Crippen LogP contribution in [0.2, 0.25) is 0 Å². The number of ether oxygens (including phenoxy) is 1. The molecule has 0 aromatic heterocycles. The number of hydrogen-bond donors (Lipinski definition) is 1. The van der Waals surface area contributed by atoms with Gasteiger partial charge in [-0.1, -0.05) is 5.92 Å². The van der Waals surface area contributed by atoms with Crippen molar-refractivity contribution in [1.82, 2.24) is 15.1 Å². The van der Waals surface area contributed by atoms with Gasteiger partial charge in [-0.15, -0.1) is 6.42 Å². The molecular formula is C17H29N3O2. The topological polar surface area (TPSA) is 44.8 Å². The number of carbonyl (C=O) groups is 1. The lowest BCUT2D eigenvalue weighted by Gasteiger charge is -2.35. The molecule has 2 fully saturated rings. The van der Waals surface area contributed by atoms with Gasteiger partial charge in [-0.3, -0.25) is 14.6 Å². The summed E-state index contributed by atoms with van der Waals surface area (Å²) in [7, 11) is 0. The molecule has 2 unspecified atom stereocenters. The molecule has 124 valence electrons. The summed E-state index contributed by atoms with van der Waals surface area (Å²) in [4.78, 5) is 16.8. The summed E-state index contributed by atoms with van der Waals surface area (Å²) in [5.74, 6) is 3.02. The fourth-order valence-electron chi connectivity index (χ4n) is 3.43. The van der Waals surface area contributed by atoms with E-state index in [1.807, 2.05) is 0 Å². The van der Waals surface area contributed by atoms with Gasteiger partial charge in [-0.25, -0.2) is 0 Å². The van der Waals surface area contributed by atoms with Crippen molar-refractivity contribution in [3.8, 4) is 12.3 Å². The Labute approximate surface area is 134 Å². The Kier molecular flexibility index (Phi) is 6.69. The van der Waals surface area contributed by atoms with Gasteiger partial charge >= 0.3 is 0 Å². The highest BCUT2D eigenvalue weighted by atomic mass is 16.5. The van der Waals surface area contributed by atoms with E-state index in [1.165, 1.54) is 0 Å². The molecular weight excluding hydrogens is 278 g/mol. The molecule has 2 rings (SSSR count). The minimum Gasteiger partial charge on any atom is -0.373 e. The van der Waals surface area contributed by atoms with E-state index in [4.69, 9.17) is 11.2 Å². The predicted octanol–water partition coefficient (Wildman–Crippen LogP) is 0.557. The van der Waals surface area contributed by atoms with Crippen molar-refractivity contribution in [1.29, 1.82) is 0 Å². The van der Waals surface area contributed by atoms with E-state index in [9.17, 15) is 4.79 Å². The molecule has 0 aromatic carbocycles. The maximum atomic E-state index is 12.2. The Morgan fingerprint density at radius 3 is 2.45 bits per heavy atom. The maximum Gasteiger partial charge on any atom is 0.223 e. The van der Waals surface area contributed by atoms with Crippen LogP contribution in [0.15, 0.2) is 0 Å². The molecule has 1 N–H and O–H groups in total.